The summed E-state index contributed by atoms with van der Waals surface area (Å²) in [6, 6.07) is 4.82. The molecule has 1 aliphatic rings. The van der Waals surface area contributed by atoms with Gasteiger partial charge in [-0.1, -0.05) is 22.4 Å². The second kappa shape index (κ2) is 6.43. The number of hydrogen-bond donors (Lipinski definition) is 2. The number of rotatable bonds is 3. The summed E-state index contributed by atoms with van der Waals surface area (Å²) in [7, 11) is 0. The van der Waals surface area contributed by atoms with E-state index in [0.29, 0.717) is 10.2 Å². The fourth-order valence-electron chi connectivity index (χ4n) is 1.96. The first kappa shape index (κ1) is 14.4. The maximum atomic E-state index is 12.1. The number of nitrogens with one attached hydrogen (secondary N) is 1. The van der Waals surface area contributed by atoms with Gasteiger partial charge in [-0.15, -0.1) is 11.8 Å². The SMILES string of the molecule is O=C(O)c1cc(Br)ccc1NC(=O)C1CCCCS1. The molecule has 1 heterocycles. The second-order valence-electron chi connectivity index (χ2n) is 4.34. The van der Waals surface area contributed by atoms with Crippen molar-refractivity contribution in [2.75, 3.05) is 11.1 Å². The third-order valence-corrected chi connectivity index (χ3v) is 4.81. The molecule has 1 fully saturated rings. The van der Waals surface area contributed by atoms with Gasteiger partial charge in [0.05, 0.1) is 16.5 Å². The molecule has 1 unspecified atom stereocenters. The zero-order valence-electron chi connectivity index (χ0n) is 10.2. The number of amides is 1. The Morgan fingerprint density at radius 2 is 2.16 bits per heavy atom. The molecular weight excluding hydrogens is 330 g/mol. The lowest BCUT2D eigenvalue weighted by atomic mass is 10.1. The molecule has 0 aromatic heterocycles. The molecule has 6 heteroatoms. The Labute approximate surface area is 124 Å². The first-order valence-corrected chi connectivity index (χ1v) is 7.87. The van der Waals surface area contributed by atoms with Gasteiger partial charge >= 0.3 is 5.97 Å². The number of aromatic carboxylic acids is 1. The van der Waals surface area contributed by atoms with Crippen LogP contribution in [0.4, 0.5) is 5.69 Å². The molecule has 0 aliphatic carbocycles. The largest absolute Gasteiger partial charge is 0.478 e. The van der Waals surface area contributed by atoms with Gasteiger partial charge in [-0.05, 0) is 36.8 Å². The average Bonchev–Trinajstić information content (AvgIpc) is 2.41. The van der Waals surface area contributed by atoms with Crippen molar-refractivity contribution in [1.82, 2.24) is 0 Å². The summed E-state index contributed by atoms with van der Waals surface area (Å²) >= 11 is 4.87. The zero-order chi connectivity index (χ0) is 13.8. The second-order valence-corrected chi connectivity index (χ2v) is 6.57. The van der Waals surface area contributed by atoms with Crippen molar-refractivity contribution in [3.63, 3.8) is 0 Å². The molecule has 1 aliphatic heterocycles. The standard InChI is InChI=1S/C13H14BrNO3S/c14-8-4-5-10(9(7-8)13(17)18)15-12(16)11-3-1-2-6-19-11/h4-5,7,11H,1-3,6H2,(H,15,16)(H,17,18). The number of carboxylic acid groups (broad SMARTS) is 1. The Balaban J connectivity index is 2.13. The van der Waals surface area contributed by atoms with E-state index in [1.54, 1.807) is 23.9 Å². The quantitative estimate of drug-likeness (QED) is 0.882. The lowest BCUT2D eigenvalue weighted by Gasteiger charge is -2.20. The third kappa shape index (κ3) is 3.73. The van der Waals surface area contributed by atoms with Crippen LogP contribution >= 0.6 is 27.7 Å². The molecule has 1 atom stereocenters. The van der Waals surface area contributed by atoms with E-state index in [4.69, 9.17) is 5.11 Å². The lowest BCUT2D eigenvalue weighted by molar-refractivity contribution is -0.115. The van der Waals surface area contributed by atoms with Crippen LogP contribution in [0.1, 0.15) is 29.6 Å². The molecule has 4 nitrogen and oxygen atoms in total. The fourth-order valence-corrected chi connectivity index (χ4v) is 3.52. The van der Waals surface area contributed by atoms with Crippen molar-refractivity contribution in [3.8, 4) is 0 Å². The topological polar surface area (TPSA) is 66.4 Å². The van der Waals surface area contributed by atoms with Crippen molar-refractivity contribution in [1.29, 1.82) is 0 Å². The Morgan fingerprint density at radius 1 is 1.37 bits per heavy atom. The van der Waals surface area contributed by atoms with Crippen LogP contribution in [-0.4, -0.2) is 28.0 Å². The molecule has 1 aromatic rings. The van der Waals surface area contributed by atoms with Crippen LogP contribution in [0.3, 0.4) is 0 Å². The molecule has 102 valence electrons. The number of carboxylic acids is 1. The van der Waals surface area contributed by atoms with E-state index in [2.05, 4.69) is 21.2 Å². The Kier molecular flexibility index (Phi) is 4.87. The smallest absolute Gasteiger partial charge is 0.337 e. The molecule has 19 heavy (non-hydrogen) atoms. The summed E-state index contributed by atoms with van der Waals surface area (Å²) in [5.74, 6) is -0.160. The van der Waals surface area contributed by atoms with Gasteiger partial charge in [-0.25, -0.2) is 4.79 Å². The van der Waals surface area contributed by atoms with Crippen molar-refractivity contribution in [2.45, 2.75) is 24.5 Å². The van der Waals surface area contributed by atoms with E-state index < -0.39 is 5.97 Å². The normalized spacial score (nSPS) is 18.9. The predicted octanol–water partition coefficient (Wildman–Crippen LogP) is 3.37. The Bertz CT molecular complexity index is 501. The van der Waals surface area contributed by atoms with Gasteiger partial charge < -0.3 is 10.4 Å². The number of carbonyl (C=O) groups is 2. The monoisotopic (exact) mass is 343 g/mol. The maximum Gasteiger partial charge on any atom is 0.337 e. The highest BCUT2D eigenvalue weighted by Crippen LogP contribution is 2.27. The highest BCUT2D eigenvalue weighted by molar-refractivity contribution is 9.10. The van der Waals surface area contributed by atoms with Crippen molar-refractivity contribution < 1.29 is 14.7 Å². The molecule has 0 radical (unpaired) electrons. The van der Waals surface area contributed by atoms with E-state index in [1.807, 2.05) is 0 Å². The van der Waals surface area contributed by atoms with E-state index in [1.165, 1.54) is 6.07 Å². The summed E-state index contributed by atoms with van der Waals surface area (Å²) in [5, 5.41) is 11.8. The Morgan fingerprint density at radius 3 is 2.79 bits per heavy atom. The number of benzene rings is 1. The van der Waals surface area contributed by atoms with E-state index >= 15 is 0 Å². The minimum Gasteiger partial charge on any atom is -0.478 e. The molecule has 1 amide bonds. The van der Waals surface area contributed by atoms with Crippen LogP contribution in [-0.2, 0) is 4.79 Å². The van der Waals surface area contributed by atoms with Gasteiger partial charge in [-0.3, -0.25) is 4.79 Å². The summed E-state index contributed by atoms with van der Waals surface area (Å²) in [5.41, 5.74) is 0.454. The Hall–Kier alpha value is -1.01. The minimum absolute atomic E-state index is 0.0703. The van der Waals surface area contributed by atoms with Gasteiger partial charge in [0.15, 0.2) is 0 Å². The van der Waals surface area contributed by atoms with E-state index in [0.717, 1.165) is 25.0 Å². The van der Waals surface area contributed by atoms with Gasteiger partial charge in [0.25, 0.3) is 0 Å². The first-order valence-electron chi connectivity index (χ1n) is 6.03. The first-order chi connectivity index (χ1) is 9.08. The van der Waals surface area contributed by atoms with Crippen molar-refractivity contribution in [3.05, 3.63) is 28.2 Å². The fraction of sp³-hybridized carbons (Fsp3) is 0.385. The summed E-state index contributed by atoms with van der Waals surface area (Å²) < 4.78 is 0.676. The number of thioether (sulfide) groups is 1. The van der Waals surface area contributed by atoms with Crippen LogP contribution in [0.2, 0.25) is 0 Å². The van der Waals surface area contributed by atoms with Crippen LogP contribution < -0.4 is 5.32 Å². The summed E-state index contributed by atoms with van der Waals surface area (Å²) in [6.07, 6.45) is 3.06. The van der Waals surface area contributed by atoms with Gasteiger partial charge in [0.2, 0.25) is 5.91 Å². The molecular formula is C13H14BrNO3S. The maximum absolute atomic E-state index is 12.1. The highest BCUT2D eigenvalue weighted by atomic mass is 79.9. The average molecular weight is 344 g/mol. The van der Waals surface area contributed by atoms with Crippen LogP contribution in [0, 0.1) is 0 Å². The van der Waals surface area contributed by atoms with Crippen molar-refractivity contribution >= 4 is 45.3 Å². The third-order valence-electron chi connectivity index (χ3n) is 2.94. The summed E-state index contributed by atoms with van der Waals surface area (Å²) in [4.78, 5) is 23.2. The minimum atomic E-state index is -1.05. The van der Waals surface area contributed by atoms with Crippen LogP contribution in [0.15, 0.2) is 22.7 Å². The van der Waals surface area contributed by atoms with Crippen LogP contribution in [0.25, 0.3) is 0 Å². The highest BCUT2D eigenvalue weighted by Gasteiger charge is 2.23. The molecule has 0 spiro atoms. The number of carbonyl (C=O) groups excluding carboxylic acids is 1. The molecule has 0 bridgehead atoms. The van der Waals surface area contributed by atoms with Crippen LogP contribution in [0.5, 0.6) is 0 Å². The summed E-state index contributed by atoms with van der Waals surface area (Å²) in [6.45, 7) is 0. The predicted molar refractivity (Wildman–Crippen MR) is 79.8 cm³/mol. The molecule has 1 aromatic carbocycles. The molecule has 2 N–H and O–H groups in total. The zero-order valence-corrected chi connectivity index (χ0v) is 12.6. The van der Waals surface area contributed by atoms with Gasteiger partial charge in [0, 0.05) is 4.47 Å². The van der Waals surface area contributed by atoms with Gasteiger partial charge in [0.1, 0.15) is 0 Å². The number of halogens is 1. The van der Waals surface area contributed by atoms with Gasteiger partial charge in [-0.2, -0.15) is 0 Å². The van der Waals surface area contributed by atoms with E-state index in [9.17, 15) is 9.59 Å². The lowest BCUT2D eigenvalue weighted by Crippen LogP contribution is -2.28. The molecule has 1 saturated heterocycles. The molecule has 2 rings (SSSR count). The molecule has 0 saturated carbocycles. The van der Waals surface area contributed by atoms with Crippen molar-refractivity contribution in [2.24, 2.45) is 0 Å². The van der Waals surface area contributed by atoms with E-state index in [-0.39, 0.29) is 16.7 Å². The number of hydrogen-bond acceptors (Lipinski definition) is 3. The number of anilines is 1.